The maximum Gasteiger partial charge on any atom is 0.307 e. The Morgan fingerprint density at radius 2 is 2.25 bits per heavy atom. The number of nitrogens with one attached hydrogen (secondary N) is 1. The van der Waals surface area contributed by atoms with Gasteiger partial charge in [-0.1, -0.05) is 11.6 Å². The van der Waals surface area contributed by atoms with Crippen molar-refractivity contribution in [2.24, 2.45) is 0 Å². The second-order valence-corrected chi connectivity index (χ2v) is 4.66. The zero-order valence-electron chi connectivity index (χ0n) is 10.9. The highest BCUT2D eigenvalue weighted by atomic mass is 35.5. The summed E-state index contributed by atoms with van der Waals surface area (Å²) in [6, 6.07) is 5.23. The van der Waals surface area contributed by atoms with Crippen LogP contribution in [0.2, 0.25) is 5.02 Å². The van der Waals surface area contributed by atoms with Gasteiger partial charge in [0.05, 0.1) is 19.1 Å². The fourth-order valence-corrected chi connectivity index (χ4v) is 1.95. The molecule has 0 spiro atoms. The standard InChI is InChI=1S/C14H14ClNO4/c1-19-13(17)4-5-16-14(18)10-6-9-7-11(15)2-3-12(9)20-8-10/h2-3,6-7H,4-5,8H2,1H3,(H,16,18). The second kappa shape index (κ2) is 6.43. The number of carbonyl (C=O) groups excluding carboxylic acids is 2. The molecule has 0 saturated heterocycles. The van der Waals surface area contributed by atoms with E-state index >= 15 is 0 Å². The minimum atomic E-state index is -0.365. The number of methoxy groups -OCH3 is 1. The minimum Gasteiger partial charge on any atom is -0.488 e. The lowest BCUT2D eigenvalue weighted by molar-refractivity contribution is -0.140. The molecule has 0 saturated carbocycles. The highest BCUT2D eigenvalue weighted by molar-refractivity contribution is 6.30. The molecular formula is C14H14ClNO4. The summed E-state index contributed by atoms with van der Waals surface area (Å²) in [4.78, 5) is 22.9. The predicted molar refractivity (Wildman–Crippen MR) is 74.6 cm³/mol. The Hall–Kier alpha value is -2.01. The third-order valence-electron chi connectivity index (χ3n) is 2.82. The van der Waals surface area contributed by atoms with Crippen LogP contribution in [-0.2, 0) is 14.3 Å². The average molecular weight is 296 g/mol. The monoisotopic (exact) mass is 295 g/mol. The third kappa shape index (κ3) is 3.51. The van der Waals surface area contributed by atoms with Gasteiger partial charge in [-0.05, 0) is 24.3 Å². The highest BCUT2D eigenvalue weighted by Crippen LogP contribution is 2.28. The number of fused-ring (bicyclic) bond motifs is 1. The Morgan fingerprint density at radius 1 is 1.45 bits per heavy atom. The van der Waals surface area contributed by atoms with Gasteiger partial charge in [-0.2, -0.15) is 0 Å². The molecule has 1 aromatic rings. The Bertz CT molecular complexity index is 568. The molecule has 0 aromatic heterocycles. The Balaban J connectivity index is 1.99. The maximum absolute atomic E-state index is 11.9. The largest absolute Gasteiger partial charge is 0.488 e. The minimum absolute atomic E-state index is 0.138. The van der Waals surface area contributed by atoms with E-state index in [0.717, 1.165) is 5.56 Å². The molecule has 0 radical (unpaired) electrons. The molecule has 20 heavy (non-hydrogen) atoms. The molecule has 1 amide bonds. The highest BCUT2D eigenvalue weighted by Gasteiger charge is 2.17. The maximum atomic E-state index is 11.9. The van der Waals surface area contributed by atoms with Crippen molar-refractivity contribution >= 4 is 29.6 Å². The first-order chi connectivity index (χ1) is 9.60. The predicted octanol–water partition coefficient (Wildman–Crippen LogP) is 1.80. The molecule has 1 heterocycles. The topological polar surface area (TPSA) is 64.6 Å². The van der Waals surface area contributed by atoms with Gasteiger partial charge in [0.15, 0.2) is 0 Å². The molecule has 0 atom stereocenters. The molecule has 0 fully saturated rings. The van der Waals surface area contributed by atoms with E-state index in [0.29, 0.717) is 16.3 Å². The SMILES string of the molecule is COC(=O)CCNC(=O)C1=Cc2cc(Cl)ccc2OC1. The number of hydrogen-bond donors (Lipinski definition) is 1. The van der Waals surface area contributed by atoms with Gasteiger partial charge in [0.1, 0.15) is 12.4 Å². The molecule has 1 N–H and O–H groups in total. The van der Waals surface area contributed by atoms with Crippen LogP contribution in [0.1, 0.15) is 12.0 Å². The average Bonchev–Trinajstić information content (AvgIpc) is 2.46. The number of benzene rings is 1. The van der Waals surface area contributed by atoms with Crippen molar-refractivity contribution in [3.8, 4) is 5.75 Å². The van der Waals surface area contributed by atoms with Gasteiger partial charge in [0.2, 0.25) is 0 Å². The lowest BCUT2D eigenvalue weighted by atomic mass is 10.1. The van der Waals surface area contributed by atoms with Crippen molar-refractivity contribution < 1.29 is 19.1 Å². The van der Waals surface area contributed by atoms with Crippen molar-refractivity contribution in [3.05, 3.63) is 34.4 Å². The molecule has 6 heteroatoms. The summed E-state index contributed by atoms with van der Waals surface area (Å²) in [6.07, 6.45) is 1.87. The fraction of sp³-hybridized carbons (Fsp3) is 0.286. The van der Waals surface area contributed by atoms with Crippen LogP contribution >= 0.6 is 11.6 Å². The normalized spacial score (nSPS) is 12.8. The quantitative estimate of drug-likeness (QED) is 0.860. The van der Waals surface area contributed by atoms with Crippen LogP contribution in [0, 0.1) is 0 Å². The van der Waals surface area contributed by atoms with Crippen molar-refractivity contribution in [3.63, 3.8) is 0 Å². The summed E-state index contributed by atoms with van der Waals surface area (Å²) >= 11 is 5.90. The van der Waals surface area contributed by atoms with Crippen LogP contribution in [-0.4, -0.2) is 32.1 Å². The second-order valence-electron chi connectivity index (χ2n) is 4.22. The van der Waals surface area contributed by atoms with Crippen LogP contribution in [0.3, 0.4) is 0 Å². The molecule has 0 bridgehead atoms. The van der Waals surface area contributed by atoms with E-state index in [1.807, 2.05) is 0 Å². The van der Waals surface area contributed by atoms with Crippen molar-refractivity contribution in [1.29, 1.82) is 0 Å². The van der Waals surface area contributed by atoms with Crippen LogP contribution in [0.4, 0.5) is 0 Å². The van der Waals surface area contributed by atoms with Crippen molar-refractivity contribution in [2.75, 3.05) is 20.3 Å². The molecular weight excluding hydrogens is 282 g/mol. The smallest absolute Gasteiger partial charge is 0.307 e. The lowest BCUT2D eigenvalue weighted by Crippen LogP contribution is -2.30. The van der Waals surface area contributed by atoms with Gasteiger partial charge >= 0.3 is 5.97 Å². The van der Waals surface area contributed by atoms with Crippen molar-refractivity contribution in [2.45, 2.75) is 6.42 Å². The number of ether oxygens (including phenoxy) is 2. The molecule has 1 aliphatic heterocycles. The van der Waals surface area contributed by atoms with Gasteiger partial charge in [-0.15, -0.1) is 0 Å². The number of rotatable bonds is 4. The first-order valence-corrected chi connectivity index (χ1v) is 6.46. The molecule has 106 valence electrons. The van der Waals surface area contributed by atoms with E-state index in [4.69, 9.17) is 16.3 Å². The lowest BCUT2D eigenvalue weighted by Gasteiger charge is -2.17. The summed E-state index contributed by atoms with van der Waals surface area (Å²) < 4.78 is 9.97. The van der Waals surface area contributed by atoms with Crippen LogP contribution in [0.15, 0.2) is 23.8 Å². The van der Waals surface area contributed by atoms with E-state index in [2.05, 4.69) is 10.1 Å². The van der Waals surface area contributed by atoms with Gasteiger partial charge < -0.3 is 14.8 Å². The van der Waals surface area contributed by atoms with E-state index in [-0.39, 0.29) is 31.4 Å². The van der Waals surface area contributed by atoms with Crippen LogP contribution in [0.25, 0.3) is 6.08 Å². The summed E-state index contributed by atoms with van der Waals surface area (Å²) in [5.74, 6) is 0.0661. The van der Waals surface area contributed by atoms with Gasteiger partial charge in [0.25, 0.3) is 5.91 Å². The van der Waals surface area contributed by atoms with Crippen LogP contribution in [0.5, 0.6) is 5.75 Å². The molecule has 2 rings (SSSR count). The summed E-state index contributed by atoms with van der Waals surface area (Å²) in [5, 5.41) is 3.22. The molecule has 1 aliphatic rings. The number of carbonyl (C=O) groups is 2. The Morgan fingerprint density at radius 3 is 3.00 bits per heavy atom. The molecule has 5 nitrogen and oxygen atoms in total. The first kappa shape index (κ1) is 14.4. The van der Waals surface area contributed by atoms with E-state index in [9.17, 15) is 9.59 Å². The number of hydrogen-bond acceptors (Lipinski definition) is 4. The number of amides is 1. The van der Waals surface area contributed by atoms with E-state index in [1.54, 1.807) is 24.3 Å². The summed E-state index contributed by atoms with van der Waals surface area (Å²) in [6.45, 7) is 0.421. The number of esters is 1. The van der Waals surface area contributed by atoms with E-state index in [1.165, 1.54) is 7.11 Å². The molecule has 0 unspecified atom stereocenters. The molecule has 0 aliphatic carbocycles. The number of halogens is 1. The summed E-state index contributed by atoms with van der Waals surface area (Å²) in [7, 11) is 1.31. The zero-order chi connectivity index (χ0) is 14.5. The van der Waals surface area contributed by atoms with E-state index < -0.39 is 0 Å². The Labute approximate surface area is 121 Å². The summed E-state index contributed by atoms with van der Waals surface area (Å²) in [5.41, 5.74) is 1.26. The van der Waals surface area contributed by atoms with Crippen molar-refractivity contribution in [1.82, 2.24) is 5.32 Å². The fourth-order valence-electron chi connectivity index (χ4n) is 1.77. The van der Waals surface area contributed by atoms with Gasteiger partial charge in [0, 0.05) is 17.1 Å². The molecule has 1 aromatic carbocycles. The van der Waals surface area contributed by atoms with Gasteiger partial charge in [-0.3, -0.25) is 9.59 Å². The first-order valence-electron chi connectivity index (χ1n) is 6.08. The third-order valence-corrected chi connectivity index (χ3v) is 3.05. The zero-order valence-corrected chi connectivity index (χ0v) is 11.7. The van der Waals surface area contributed by atoms with Crippen LogP contribution < -0.4 is 10.1 Å². The Kier molecular flexibility index (Phi) is 4.63. The van der Waals surface area contributed by atoms with Gasteiger partial charge in [-0.25, -0.2) is 0 Å².